The summed E-state index contributed by atoms with van der Waals surface area (Å²) in [5.74, 6) is 1.78. The minimum Gasteiger partial charge on any atom is -0.354 e. The lowest BCUT2D eigenvalue weighted by molar-refractivity contribution is -0.137. The van der Waals surface area contributed by atoms with Gasteiger partial charge in [-0.3, -0.25) is 0 Å². The van der Waals surface area contributed by atoms with E-state index in [0.29, 0.717) is 36.6 Å². The van der Waals surface area contributed by atoms with Gasteiger partial charge in [0, 0.05) is 38.4 Å². The third kappa shape index (κ3) is 5.22. The Hall–Kier alpha value is -3.25. The molecule has 0 saturated carbocycles. The average Bonchev–Trinajstić information content (AvgIpc) is 2.79. The first-order valence-electron chi connectivity index (χ1n) is 10.1. The maximum Gasteiger partial charge on any atom is 0.416 e. The summed E-state index contributed by atoms with van der Waals surface area (Å²) in [6, 6.07) is 9.29. The molecule has 2 aromatic heterocycles. The lowest BCUT2D eigenvalue weighted by Crippen LogP contribution is -2.49. The molecule has 1 saturated heterocycles. The molecule has 0 atom stereocenters. The first kappa shape index (κ1) is 22.9. The molecule has 1 aliphatic heterocycles. The van der Waals surface area contributed by atoms with Crippen molar-refractivity contribution < 1.29 is 21.6 Å². The van der Waals surface area contributed by atoms with Crippen molar-refractivity contribution in [2.75, 3.05) is 36.4 Å². The summed E-state index contributed by atoms with van der Waals surface area (Å²) in [6.07, 6.45) is -1.53. The van der Waals surface area contributed by atoms with E-state index in [1.807, 2.05) is 24.0 Å². The summed E-state index contributed by atoms with van der Waals surface area (Å²) in [5, 5.41) is 3.11. The fraction of sp³-hybridized carbons (Fsp3) is 0.286. The first-order chi connectivity index (χ1) is 15.6. The van der Waals surface area contributed by atoms with Gasteiger partial charge in [0.25, 0.3) is 0 Å². The Morgan fingerprint density at radius 1 is 0.939 bits per heavy atom. The third-order valence-corrected chi connectivity index (χ3v) is 7.08. The van der Waals surface area contributed by atoms with Gasteiger partial charge in [0.1, 0.15) is 23.8 Å². The largest absolute Gasteiger partial charge is 0.416 e. The topological polar surface area (TPSA) is 91.3 Å². The summed E-state index contributed by atoms with van der Waals surface area (Å²) in [4.78, 5) is 14.2. The van der Waals surface area contributed by atoms with Gasteiger partial charge in [-0.2, -0.15) is 17.5 Å². The van der Waals surface area contributed by atoms with E-state index < -0.39 is 21.8 Å². The second kappa shape index (κ2) is 8.94. The van der Waals surface area contributed by atoms with Crippen LogP contribution in [-0.2, 0) is 16.2 Å². The van der Waals surface area contributed by atoms with Crippen molar-refractivity contribution in [3.05, 3.63) is 66.1 Å². The van der Waals surface area contributed by atoms with Crippen LogP contribution >= 0.6 is 0 Å². The second-order valence-corrected chi connectivity index (χ2v) is 9.46. The lowest BCUT2D eigenvalue weighted by atomic mass is 10.2. The zero-order valence-electron chi connectivity index (χ0n) is 17.6. The first-order valence-corrected chi connectivity index (χ1v) is 11.5. The molecule has 1 N–H and O–H groups in total. The predicted octanol–water partition coefficient (Wildman–Crippen LogP) is 3.45. The highest BCUT2D eigenvalue weighted by Gasteiger charge is 2.34. The summed E-state index contributed by atoms with van der Waals surface area (Å²) < 4.78 is 65.9. The van der Waals surface area contributed by atoms with Gasteiger partial charge in [0.2, 0.25) is 10.0 Å². The molecule has 3 heterocycles. The number of alkyl halides is 3. The van der Waals surface area contributed by atoms with Crippen molar-refractivity contribution in [1.29, 1.82) is 0 Å². The molecular formula is C21H21F3N6O2S. The number of piperazine rings is 1. The van der Waals surface area contributed by atoms with Crippen LogP contribution in [0.4, 0.5) is 30.6 Å². The maximum atomic E-state index is 13.0. The SMILES string of the molecule is Cc1ccnc(Nc2cc(N3CCN(S(=O)(=O)c4cccc(C(F)(F)F)c4)CC3)ncn2)c1. The molecule has 0 bridgehead atoms. The molecular weight excluding hydrogens is 457 g/mol. The van der Waals surface area contributed by atoms with Gasteiger partial charge in [-0.15, -0.1) is 0 Å². The van der Waals surface area contributed by atoms with Gasteiger partial charge in [0.05, 0.1) is 10.5 Å². The minimum atomic E-state index is -4.61. The van der Waals surface area contributed by atoms with Crippen LogP contribution < -0.4 is 10.2 Å². The van der Waals surface area contributed by atoms with E-state index in [0.717, 1.165) is 17.7 Å². The smallest absolute Gasteiger partial charge is 0.354 e. The summed E-state index contributed by atoms with van der Waals surface area (Å²) in [5.41, 5.74) is 0.0474. The number of nitrogens with zero attached hydrogens (tertiary/aromatic N) is 5. The Kier molecular flexibility index (Phi) is 6.21. The van der Waals surface area contributed by atoms with Gasteiger partial charge >= 0.3 is 6.18 Å². The van der Waals surface area contributed by atoms with Crippen molar-refractivity contribution in [3.63, 3.8) is 0 Å². The van der Waals surface area contributed by atoms with Crippen LogP contribution in [0.5, 0.6) is 0 Å². The number of nitrogens with one attached hydrogen (secondary N) is 1. The highest BCUT2D eigenvalue weighted by Crippen LogP contribution is 2.31. The molecule has 8 nitrogen and oxygen atoms in total. The van der Waals surface area contributed by atoms with E-state index in [2.05, 4.69) is 20.3 Å². The van der Waals surface area contributed by atoms with Crippen molar-refractivity contribution in [1.82, 2.24) is 19.3 Å². The molecule has 1 fully saturated rings. The molecule has 33 heavy (non-hydrogen) atoms. The van der Waals surface area contributed by atoms with E-state index in [4.69, 9.17) is 0 Å². The highest BCUT2D eigenvalue weighted by molar-refractivity contribution is 7.89. The minimum absolute atomic E-state index is 0.116. The number of rotatable bonds is 5. The lowest BCUT2D eigenvalue weighted by Gasteiger charge is -2.34. The van der Waals surface area contributed by atoms with Crippen LogP contribution in [-0.4, -0.2) is 53.9 Å². The van der Waals surface area contributed by atoms with Gasteiger partial charge in [-0.05, 0) is 42.8 Å². The average molecular weight is 479 g/mol. The molecule has 12 heteroatoms. The summed E-state index contributed by atoms with van der Waals surface area (Å²) in [6.45, 7) is 2.84. The Morgan fingerprint density at radius 2 is 1.67 bits per heavy atom. The standard InChI is InChI=1S/C21H21F3N6O2S/c1-15-5-6-25-18(11-15)28-19-13-20(27-14-26-19)29-7-9-30(10-8-29)33(31,32)17-4-2-3-16(12-17)21(22,23)24/h2-6,11-14H,7-10H2,1H3,(H,25,26,27,28). The predicted molar refractivity (Wildman–Crippen MR) is 117 cm³/mol. The van der Waals surface area contributed by atoms with Crippen molar-refractivity contribution in [2.24, 2.45) is 0 Å². The van der Waals surface area contributed by atoms with Crippen molar-refractivity contribution in [2.45, 2.75) is 18.0 Å². The van der Waals surface area contributed by atoms with E-state index in [1.165, 1.54) is 16.7 Å². The molecule has 0 spiro atoms. The van der Waals surface area contributed by atoms with Crippen LogP contribution in [0, 0.1) is 6.92 Å². The molecule has 174 valence electrons. The number of benzene rings is 1. The molecule has 0 aliphatic carbocycles. The van der Waals surface area contributed by atoms with Crippen molar-refractivity contribution >= 4 is 27.5 Å². The van der Waals surface area contributed by atoms with Gasteiger partial charge in [-0.25, -0.2) is 23.4 Å². The van der Waals surface area contributed by atoms with E-state index in [1.54, 1.807) is 12.3 Å². The Bertz CT molecular complexity index is 1240. The van der Waals surface area contributed by atoms with E-state index >= 15 is 0 Å². The number of sulfonamides is 1. The summed E-state index contributed by atoms with van der Waals surface area (Å²) >= 11 is 0. The zero-order valence-corrected chi connectivity index (χ0v) is 18.4. The number of hydrogen-bond donors (Lipinski definition) is 1. The Balaban J connectivity index is 1.45. The normalized spacial score (nSPS) is 15.5. The molecule has 0 radical (unpaired) electrons. The molecule has 4 rings (SSSR count). The number of aromatic nitrogens is 3. The van der Waals surface area contributed by atoms with Crippen LogP contribution in [0.1, 0.15) is 11.1 Å². The number of halogens is 3. The Labute approximate surface area is 189 Å². The fourth-order valence-corrected chi connectivity index (χ4v) is 4.93. The van der Waals surface area contributed by atoms with E-state index in [-0.39, 0.29) is 18.0 Å². The quantitative estimate of drug-likeness (QED) is 0.601. The highest BCUT2D eigenvalue weighted by atomic mass is 32.2. The van der Waals surface area contributed by atoms with Crippen LogP contribution in [0.2, 0.25) is 0 Å². The van der Waals surface area contributed by atoms with Crippen LogP contribution in [0.25, 0.3) is 0 Å². The second-order valence-electron chi connectivity index (χ2n) is 7.52. The number of pyridine rings is 1. The number of aryl methyl sites for hydroxylation is 1. The van der Waals surface area contributed by atoms with Gasteiger partial charge < -0.3 is 10.2 Å². The molecule has 1 aliphatic rings. The monoisotopic (exact) mass is 478 g/mol. The van der Waals surface area contributed by atoms with Gasteiger partial charge in [0.15, 0.2) is 0 Å². The van der Waals surface area contributed by atoms with Crippen LogP contribution in [0.15, 0.2) is 59.9 Å². The number of anilines is 3. The maximum absolute atomic E-state index is 13.0. The molecule has 0 unspecified atom stereocenters. The molecule has 1 aromatic carbocycles. The molecule has 3 aromatic rings. The zero-order chi connectivity index (χ0) is 23.6. The molecule has 0 amide bonds. The Morgan fingerprint density at radius 3 is 2.36 bits per heavy atom. The fourth-order valence-electron chi connectivity index (χ4n) is 3.46. The van der Waals surface area contributed by atoms with Crippen LogP contribution in [0.3, 0.4) is 0 Å². The van der Waals surface area contributed by atoms with E-state index in [9.17, 15) is 21.6 Å². The summed E-state index contributed by atoms with van der Waals surface area (Å²) in [7, 11) is -4.05. The number of hydrogen-bond acceptors (Lipinski definition) is 7. The van der Waals surface area contributed by atoms with Gasteiger partial charge in [-0.1, -0.05) is 6.07 Å². The third-order valence-electron chi connectivity index (χ3n) is 5.19. The van der Waals surface area contributed by atoms with Crippen molar-refractivity contribution in [3.8, 4) is 0 Å².